The quantitative estimate of drug-likeness (QED) is 0.805. The first-order chi connectivity index (χ1) is 9.66. The highest BCUT2D eigenvalue weighted by molar-refractivity contribution is 5.78. The van der Waals surface area contributed by atoms with E-state index in [1.165, 1.54) is 38.5 Å². The minimum absolute atomic E-state index is 0.0699. The van der Waals surface area contributed by atoms with Crippen LogP contribution in [-0.2, 0) is 9.59 Å². The summed E-state index contributed by atoms with van der Waals surface area (Å²) >= 11 is 0. The fourth-order valence-corrected chi connectivity index (χ4v) is 3.67. The van der Waals surface area contributed by atoms with E-state index in [0.717, 1.165) is 25.8 Å². The molecule has 0 aromatic heterocycles. The lowest BCUT2D eigenvalue weighted by molar-refractivity contribution is -0.142. The maximum atomic E-state index is 12.5. The van der Waals surface area contributed by atoms with Crippen LogP contribution in [0.4, 0.5) is 0 Å². The number of carbonyl (C=O) groups excluding carboxylic acids is 1. The van der Waals surface area contributed by atoms with Crippen LogP contribution < -0.4 is 0 Å². The Morgan fingerprint density at radius 2 is 1.55 bits per heavy atom. The summed E-state index contributed by atoms with van der Waals surface area (Å²) in [5.74, 6) is -0.0654. The number of nitrogens with zero attached hydrogens (tertiary/aromatic N) is 1. The van der Waals surface area contributed by atoms with Crippen molar-refractivity contribution in [3.63, 3.8) is 0 Å². The molecule has 4 heteroatoms. The van der Waals surface area contributed by atoms with Gasteiger partial charge in [0.05, 0.1) is 6.42 Å². The number of likely N-dealkylation sites (tertiary alicyclic amines) is 1. The lowest BCUT2D eigenvalue weighted by Gasteiger charge is -2.36. The number of rotatable bonds is 4. The maximum Gasteiger partial charge on any atom is 0.305 e. The first-order valence-electron chi connectivity index (χ1n) is 8.18. The van der Waals surface area contributed by atoms with Gasteiger partial charge < -0.3 is 10.0 Å². The molecule has 1 aliphatic carbocycles. The Hall–Kier alpha value is -1.06. The Balaban J connectivity index is 1.89. The van der Waals surface area contributed by atoms with Gasteiger partial charge in [0.15, 0.2) is 0 Å². The summed E-state index contributed by atoms with van der Waals surface area (Å²) in [6.45, 7) is 0.753. The zero-order chi connectivity index (χ0) is 14.4. The van der Waals surface area contributed by atoms with E-state index < -0.39 is 5.97 Å². The van der Waals surface area contributed by atoms with Gasteiger partial charge in [0.2, 0.25) is 5.91 Å². The first kappa shape index (κ1) is 15.3. The third-order valence-corrected chi connectivity index (χ3v) is 4.80. The fraction of sp³-hybridized carbons (Fsp3) is 0.875. The average Bonchev–Trinajstić information content (AvgIpc) is 2.67. The molecule has 0 radical (unpaired) electrons. The molecule has 0 bridgehead atoms. The van der Waals surface area contributed by atoms with Crippen LogP contribution in [0.3, 0.4) is 0 Å². The van der Waals surface area contributed by atoms with Crippen molar-refractivity contribution in [2.75, 3.05) is 6.54 Å². The Morgan fingerprint density at radius 1 is 0.900 bits per heavy atom. The van der Waals surface area contributed by atoms with Crippen LogP contribution in [0.1, 0.15) is 70.6 Å². The summed E-state index contributed by atoms with van der Waals surface area (Å²) in [5, 5.41) is 8.99. The number of carboxylic acids is 1. The molecule has 1 aliphatic heterocycles. The molecule has 2 fully saturated rings. The van der Waals surface area contributed by atoms with Gasteiger partial charge >= 0.3 is 5.97 Å². The second kappa shape index (κ2) is 7.65. The SMILES string of the molecule is O=C(O)CC1CCCCN1C(=O)CC1CCCCCC1. The van der Waals surface area contributed by atoms with E-state index in [-0.39, 0.29) is 18.4 Å². The van der Waals surface area contributed by atoms with Crippen molar-refractivity contribution in [1.29, 1.82) is 0 Å². The van der Waals surface area contributed by atoms with Crippen molar-refractivity contribution in [3.05, 3.63) is 0 Å². The fourth-order valence-electron chi connectivity index (χ4n) is 3.67. The van der Waals surface area contributed by atoms with Crippen molar-refractivity contribution in [1.82, 2.24) is 4.90 Å². The molecule has 1 saturated carbocycles. The van der Waals surface area contributed by atoms with Crippen molar-refractivity contribution < 1.29 is 14.7 Å². The molecule has 1 saturated heterocycles. The highest BCUT2D eigenvalue weighted by Crippen LogP contribution is 2.28. The largest absolute Gasteiger partial charge is 0.481 e. The van der Waals surface area contributed by atoms with Crippen molar-refractivity contribution in [3.8, 4) is 0 Å². The smallest absolute Gasteiger partial charge is 0.305 e. The van der Waals surface area contributed by atoms with Crippen LogP contribution in [0.2, 0.25) is 0 Å². The summed E-state index contributed by atoms with van der Waals surface area (Å²) in [6.07, 6.45) is 11.1. The van der Waals surface area contributed by atoms with Gasteiger partial charge in [-0.2, -0.15) is 0 Å². The molecule has 2 rings (SSSR count). The number of piperidine rings is 1. The van der Waals surface area contributed by atoms with Crippen LogP contribution in [0, 0.1) is 5.92 Å². The lowest BCUT2D eigenvalue weighted by Crippen LogP contribution is -2.45. The first-order valence-corrected chi connectivity index (χ1v) is 8.18. The number of amides is 1. The molecule has 0 aromatic rings. The zero-order valence-electron chi connectivity index (χ0n) is 12.4. The van der Waals surface area contributed by atoms with Crippen LogP contribution in [0.5, 0.6) is 0 Å². The molecule has 1 atom stereocenters. The molecule has 2 aliphatic rings. The second-order valence-electron chi connectivity index (χ2n) is 6.40. The van der Waals surface area contributed by atoms with E-state index in [1.807, 2.05) is 4.90 Å². The Bertz CT molecular complexity index is 335. The Kier molecular flexibility index (Phi) is 5.86. The van der Waals surface area contributed by atoms with E-state index in [4.69, 9.17) is 5.11 Å². The predicted octanol–water partition coefficient (Wildman–Crippen LogP) is 3.20. The summed E-state index contributed by atoms with van der Waals surface area (Å²) in [7, 11) is 0. The van der Waals surface area contributed by atoms with Crippen LogP contribution in [0.25, 0.3) is 0 Å². The van der Waals surface area contributed by atoms with Gasteiger partial charge in [-0.05, 0) is 38.0 Å². The summed E-state index contributed by atoms with van der Waals surface area (Å²) in [5.41, 5.74) is 0. The molecule has 20 heavy (non-hydrogen) atoms. The third kappa shape index (κ3) is 4.50. The summed E-state index contributed by atoms with van der Waals surface area (Å²) in [6, 6.07) is -0.0699. The van der Waals surface area contributed by atoms with Crippen molar-refractivity contribution >= 4 is 11.9 Å². The molecule has 1 heterocycles. The number of hydrogen-bond acceptors (Lipinski definition) is 2. The molecule has 4 nitrogen and oxygen atoms in total. The maximum absolute atomic E-state index is 12.5. The minimum atomic E-state index is -0.788. The number of aliphatic carboxylic acids is 1. The van der Waals surface area contributed by atoms with E-state index in [1.54, 1.807) is 0 Å². The van der Waals surface area contributed by atoms with Gasteiger partial charge in [-0.3, -0.25) is 9.59 Å². The highest BCUT2D eigenvalue weighted by Gasteiger charge is 2.29. The summed E-state index contributed by atoms with van der Waals surface area (Å²) < 4.78 is 0. The van der Waals surface area contributed by atoms with Gasteiger partial charge in [0.25, 0.3) is 0 Å². The van der Waals surface area contributed by atoms with Crippen LogP contribution in [0.15, 0.2) is 0 Å². The third-order valence-electron chi connectivity index (χ3n) is 4.80. The Labute approximate surface area is 121 Å². The molecular weight excluding hydrogens is 254 g/mol. The predicted molar refractivity (Wildman–Crippen MR) is 77.4 cm³/mol. The molecule has 1 unspecified atom stereocenters. The molecule has 114 valence electrons. The molecule has 1 N–H and O–H groups in total. The lowest BCUT2D eigenvalue weighted by atomic mass is 9.93. The molecule has 1 amide bonds. The average molecular weight is 281 g/mol. The summed E-state index contributed by atoms with van der Waals surface area (Å²) in [4.78, 5) is 25.3. The van der Waals surface area contributed by atoms with Gasteiger partial charge in [-0.15, -0.1) is 0 Å². The van der Waals surface area contributed by atoms with Gasteiger partial charge in [0.1, 0.15) is 0 Å². The van der Waals surface area contributed by atoms with Crippen LogP contribution in [-0.4, -0.2) is 34.5 Å². The van der Waals surface area contributed by atoms with Crippen molar-refractivity contribution in [2.24, 2.45) is 5.92 Å². The van der Waals surface area contributed by atoms with Crippen molar-refractivity contribution in [2.45, 2.75) is 76.7 Å². The second-order valence-corrected chi connectivity index (χ2v) is 6.40. The van der Waals surface area contributed by atoms with Gasteiger partial charge in [-0.25, -0.2) is 0 Å². The highest BCUT2D eigenvalue weighted by atomic mass is 16.4. The number of hydrogen-bond donors (Lipinski definition) is 1. The van der Waals surface area contributed by atoms with Gasteiger partial charge in [0, 0.05) is 19.0 Å². The molecular formula is C16H27NO3. The zero-order valence-corrected chi connectivity index (χ0v) is 12.4. The van der Waals surface area contributed by atoms with Gasteiger partial charge in [-0.1, -0.05) is 25.7 Å². The van der Waals surface area contributed by atoms with Crippen LogP contribution >= 0.6 is 0 Å². The Morgan fingerprint density at radius 3 is 2.20 bits per heavy atom. The molecule has 0 spiro atoms. The number of carboxylic acid groups (broad SMARTS) is 1. The standard InChI is InChI=1S/C16H27NO3/c18-15(11-13-7-3-1-2-4-8-13)17-10-6-5-9-14(17)12-16(19)20/h13-14H,1-12H2,(H,19,20). The topological polar surface area (TPSA) is 57.6 Å². The molecule has 0 aromatic carbocycles. The van der Waals surface area contributed by atoms with E-state index in [9.17, 15) is 9.59 Å². The number of carbonyl (C=O) groups is 2. The normalized spacial score (nSPS) is 25.2. The van der Waals surface area contributed by atoms with E-state index >= 15 is 0 Å². The minimum Gasteiger partial charge on any atom is -0.481 e. The monoisotopic (exact) mass is 281 g/mol. The van der Waals surface area contributed by atoms with E-state index in [2.05, 4.69) is 0 Å². The van der Waals surface area contributed by atoms with E-state index in [0.29, 0.717) is 12.3 Å².